The van der Waals surface area contributed by atoms with Crippen LogP contribution in [0.3, 0.4) is 0 Å². The summed E-state index contributed by atoms with van der Waals surface area (Å²) in [6, 6.07) is 0. The van der Waals surface area contributed by atoms with Crippen molar-refractivity contribution in [3.8, 4) is 0 Å². The molecule has 0 aliphatic carbocycles. The van der Waals surface area contributed by atoms with Gasteiger partial charge in [0.05, 0.1) is 13.2 Å². The summed E-state index contributed by atoms with van der Waals surface area (Å²) in [5.74, 6) is 11.6. The molecule has 0 amide bonds. The average molecular weight is 445 g/mol. The maximum Gasteiger partial charge on any atom is 0.167 e. The summed E-state index contributed by atoms with van der Waals surface area (Å²) in [6.07, 6.45) is -0.180. The van der Waals surface area contributed by atoms with E-state index in [1.54, 1.807) is 0 Å². The number of rotatable bonds is 0. The van der Waals surface area contributed by atoms with Crippen molar-refractivity contribution in [3.63, 3.8) is 0 Å². The molecule has 4 saturated heterocycles. The lowest BCUT2D eigenvalue weighted by Gasteiger charge is -2.41. The molecule has 0 aromatic heterocycles. The summed E-state index contributed by atoms with van der Waals surface area (Å²) >= 11 is 10.1. The van der Waals surface area contributed by atoms with Crippen molar-refractivity contribution >= 4 is 58.8 Å². The number of hydrogen-bond donors (Lipinski definition) is 0. The molecule has 4 aliphatic rings. The van der Waals surface area contributed by atoms with Crippen LogP contribution < -0.4 is 0 Å². The molecule has 0 radical (unpaired) electrons. The lowest BCUT2D eigenvalue weighted by molar-refractivity contribution is -0.326. The van der Waals surface area contributed by atoms with Crippen LogP contribution in [-0.2, 0) is 18.9 Å². The number of hydrogen-bond acceptors (Lipinski definition) is 9. The second-order valence-corrected chi connectivity index (χ2v) is 11.8. The van der Waals surface area contributed by atoms with Gasteiger partial charge in [0.2, 0.25) is 0 Å². The highest BCUT2D eigenvalue weighted by atomic mass is 32.2. The van der Waals surface area contributed by atoms with Crippen LogP contribution in [0.5, 0.6) is 0 Å². The van der Waals surface area contributed by atoms with Gasteiger partial charge in [-0.1, -0.05) is 0 Å². The van der Waals surface area contributed by atoms with Crippen molar-refractivity contribution in [1.82, 2.24) is 0 Å². The van der Waals surface area contributed by atoms with E-state index in [4.69, 9.17) is 18.9 Å². The van der Waals surface area contributed by atoms with E-state index in [0.717, 1.165) is 23.0 Å². The standard InChI is InChI=1S/C16H28O4S5/c1-3-22-5-7-24-11-15-17-9-14-13(19-15)10-18-16(20-14)12-25-8-6-23-4-2-21-1/h13-16H,1-12H2/t13-,14-,15+,16+/m0/s1. The number of thioether (sulfide) groups is 5. The van der Waals surface area contributed by atoms with Crippen LogP contribution in [0.1, 0.15) is 0 Å². The SMILES string of the molecule is C1CSCCSC[C@@H]2OC[C@@H]3O[C@H](CSCCSCCS1)OC[C@@H]3O2. The minimum atomic E-state index is -0.115. The van der Waals surface area contributed by atoms with Crippen molar-refractivity contribution < 1.29 is 18.9 Å². The van der Waals surface area contributed by atoms with Crippen molar-refractivity contribution in [2.24, 2.45) is 0 Å². The van der Waals surface area contributed by atoms with E-state index >= 15 is 0 Å². The molecule has 4 nitrogen and oxygen atoms in total. The minimum Gasteiger partial charge on any atom is -0.349 e. The molecule has 0 spiro atoms. The predicted octanol–water partition coefficient (Wildman–Crippen LogP) is 3.15. The van der Waals surface area contributed by atoms with Gasteiger partial charge in [-0.3, -0.25) is 0 Å². The molecule has 4 atom stereocenters. The summed E-state index contributed by atoms with van der Waals surface area (Å²) in [7, 11) is 0. The number of ether oxygens (including phenoxy) is 4. The third-order valence-electron chi connectivity index (χ3n) is 3.96. The highest BCUT2D eigenvalue weighted by Crippen LogP contribution is 2.26. The lowest BCUT2D eigenvalue weighted by atomic mass is 10.2. The quantitative estimate of drug-likeness (QED) is 0.560. The highest BCUT2D eigenvalue weighted by molar-refractivity contribution is 8.05. The van der Waals surface area contributed by atoms with Gasteiger partial charge in [0.25, 0.3) is 0 Å². The molecule has 146 valence electrons. The summed E-state index contributed by atoms with van der Waals surface area (Å²) in [5.41, 5.74) is 0. The first-order valence-electron chi connectivity index (χ1n) is 8.84. The Hall–Kier alpha value is 1.59. The van der Waals surface area contributed by atoms with E-state index in [1.807, 2.05) is 23.5 Å². The van der Waals surface area contributed by atoms with Gasteiger partial charge in [-0.2, -0.15) is 58.8 Å². The fourth-order valence-corrected chi connectivity index (χ4v) is 8.10. The smallest absolute Gasteiger partial charge is 0.167 e. The van der Waals surface area contributed by atoms with E-state index < -0.39 is 0 Å². The normalized spacial score (nSPS) is 37.4. The van der Waals surface area contributed by atoms with Crippen LogP contribution in [0.2, 0.25) is 0 Å². The largest absolute Gasteiger partial charge is 0.349 e. The molecule has 0 aromatic carbocycles. The first kappa shape index (κ1) is 21.3. The third-order valence-corrected chi connectivity index (χ3v) is 9.95. The van der Waals surface area contributed by atoms with Crippen LogP contribution in [0.25, 0.3) is 0 Å². The van der Waals surface area contributed by atoms with Gasteiger partial charge >= 0.3 is 0 Å². The Bertz CT molecular complexity index is 329. The summed E-state index contributed by atoms with van der Waals surface area (Å²) in [4.78, 5) is 0. The van der Waals surface area contributed by atoms with E-state index in [-0.39, 0.29) is 24.8 Å². The van der Waals surface area contributed by atoms with E-state index in [2.05, 4.69) is 35.3 Å². The van der Waals surface area contributed by atoms with Crippen molar-refractivity contribution in [2.75, 3.05) is 70.7 Å². The Morgan fingerprint density at radius 1 is 0.480 bits per heavy atom. The van der Waals surface area contributed by atoms with Crippen LogP contribution in [0.4, 0.5) is 0 Å². The van der Waals surface area contributed by atoms with E-state index in [0.29, 0.717) is 13.2 Å². The maximum absolute atomic E-state index is 6.02. The Morgan fingerprint density at radius 3 is 1.24 bits per heavy atom. The van der Waals surface area contributed by atoms with E-state index in [9.17, 15) is 0 Å². The zero-order chi connectivity index (χ0) is 17.2. The van der Waals surface area contributed by atoms with E-state index in [1.165, 1.54) is 34.5 Å². The van der Waals surface area contributed by atoms with Gasteiger partial charge in [-0.25, -0.2) is 0 Å². The molecule has 4 fully saturated rings. The molecule has 4 rings (SSSR count). The third kappa shape index (κ3) is 8.23. The summed E-state index contributed by atoms with van der Waals surface area (Å²) in [5, 5.41) is 0. The minimum absolute atomic E-state index is 0.0247. The molecule has 0 saturated carbocycles. The van der Waals surface area contributed by atoms with Gasteiger partial charge in [0.1, 0.15) is 12.2 Å². The van der Waals surface area contributed by atoms with Crippen molar-refractivity contribution in [3.05, 3.63) is 0 Å². The van der Waals surface area contributed by atoms with Crippen LogP contribution in [0.15, 0.2) is 0 Å². The molecule has 0 aromatic rings. The Kier molecular flexibility index (Phi) is 11.0. The van der Waals surface area contributed by atoms with Gasteiger partial charge in [0, 0.05) is 57.5 Å². The first-order chi connectivity index (χ1) is 12.4. The molecule has 4 heterocycles. The number of fused-ring (bicyclic) bond motifs is 16. The Balaban J connectivity index is 1.42. The van der Waals surface area contributed by atoms with Gasteiger partial charge in [0.15, 0.2) is 12.6 Å². The Morgan fingerprint density at radius 2 is 0.840 bits per heavy atom. The lowest BCUT2D eigenvalue weighted by Crippen LogP contribution is -2.54. The van der Waals surface area contributed by atoms with Crippen molar-refractivity contribution in [2.45, 2.75) is 24.8 Å². The molecule has 4 aliphatic heterocycles. The molecular formula is C16H28O4S5. The topological polar surface area (TPSA) is 36.9 Å². The molecule has 25 heavy (non-hydrogen) atoms. The molecule has 0 unspecified atom stereocenters. The fourth-order valence-electron chi connectivity index (χ4n) is 2.65. The van der Waals surface area contributed by atoms with Crippen molar-refractivity contribution in [1.29, 1.82) is 0 Å². The fraction of sp³-hybridized carbons (Fsp3) is 1.00. The van der Waals surface area contributed by atoms with Crippen LogP contribution in [0, 0.1) is 0 Å². The molecule has 0 N–H and O–H groups in total. The van der Waals surface area contributed by atoms with Gasteiger partial charge in [-0.15, -0.1) is 0 Å². The van der Waals surface area contributed by atoms with Crippen LogP contribution >= 0.6 is 58.8 Å². The first-order valence-corrected chi connectivity index (χ1v) is 14.6. The zero-order valence-corrected chi connectivity index (χ0v) is 18.6. The highest BCUT2D eigenvalue weighted by Gasteiger charge is 2.38. The summed E-state index contributed by atoms with van der Waals surface area (Å²) < 4.78 is 23.7. The Labute approximate surface area is 172 Å². The maximum atomic E-state index is 6.02. The van der Waals surface area contributed by atoms with Crippen LogP contribution in [-0.4, -0.2) is 95.5 Å². The second kappa shape index (κ2) is 12.9. The zero-order valence-electron chi connectivity index (χ0n) is 14.5. The van der Waals surface area contributed by atoms with Gasteiger partial charge in [-0.05, 0) is 0 Å². The second-order valence-electron chi connectivity index (χ2n) is 5.86. The summed E-state index contributed by atoms with van der Waals surface area (Å²) in [6.45, 7) is 1.25. The molecular weight excluding hydrogens is 417 g/mol. The molecule has 4 bridgehead atoms. The predicted molar refractivity (Wildman–Crippen MR) is 116 cm³/mol. The molecule has 9 heteroatoms. The van der Waals surface area contributed by atoms with Gasteiger partial charge < -0.3 is 18.9 Å². The average Bonchev–Trinajstić information content (AvgIpc) is 2.64. The monoisotopic (exact) mass is 444 g/mol.